The van der Waals surface area contributed by atoms with Gasteiger partial charge in [-0.3, -0.25) is 0 Å². The SMILES string of the molecule is COCC(CCl)NS(=O)(=O)CS(C)(=O)=O. The number of halogens is 1. The van der Waals surface area contributed by atoms with Crippen LogP contribution in [0, 0.1) is 0 Å². The first kappa shape index (κ1) is 15.1. The van der Waals surface area contributed by atoms with Crippen LogP contribution in [0.3, 0.4) is 0 Å². The van der Waals surface area contributed by atoms with Gasteiger partial charge in [0.25, 0.3) is 0 Å². The Hall–Kier alpha value is 0.110. The minimum atomic E-state index is -3.88. The van der Waals surface area contributed by atoms with Crippen LogP contribution >= 0.6 is 11.6 Å². The van der Waals surface area contributed by atoms with E-state index in [1.807, 2.05) is 0 Å². The van der Waals surface area contributed by atoms with Crippen LogP contribution in [0.4, 0.5) is 0 Å². The van der Waals surface area contributed by atoms with Crippen molar-refractivity contribution in [1.29, 1.82) is 0 Å². The third kappa shape index (κ3) is 7.97. The zero-order valence-corrected chi connectivity index (χ0v) is 10.8. The molecular formula is C6H14ClNO5S2. The molecule has 0 saturated heterocycles. The van der Waals surface area contributed by atoms with E-state index in [2.05, 4.69) is 4.72 Å². The minimum absolute atomic E-state index is 0.0107. The van der Waals surface area contributed by atoms with Crippen molar-refractivity contribution in [2.45, 2.75) is 6.04 Å². The van der Waals surface area contributed by atoms with Gasteiger partial charge in [-0.1, -0.05) is 0 Å². The molecule has 0 aromatic rings. The highest BCUT2D eigenvalue weighted by Crippen LogP contribution is 1.97. The summed E-state index contributed by atoms with van der Waals surface area (Å²) in [5, 5.41) is -0.947. The molecule has 0 aromatic carbocycles. The molecule has 0 heterocycles. The summed E-state index contributed by atoms with van der Waals surface area (Å²) in [6, 6.07) is -0.622. The van der Waals surface area contributed by atoms with Gasteiger partial charge in [0.15, 0.2) is 14.9 Å². The van der Waals surface area contributed by atoms with Crippen LogP contribution in [0.1, 0.15) is 0 Å². The first-order chi connectivity index (χ1) is 6.70. The van der Waals surface area contributed by atoms with E-state index in [4.69, 9.17) is 16.3 Å². The molecule has 9 heteroatoms. The van der Waals surface area contributed by atoms with Gasteiger partial charge < -0.3 is 4.74 Å². The van der Waals surface area contributed by atoms with Gasteiger partial charge >= 0.3 is 0 Å². The molecular weight excluding hydrogens is 266 g/mol. The first-order valence-corrected chi connectivity index (χ1v) is 8.17. The lowest BCUT2D eigenvalue weighted by Crippen LogP contribution is -2.41. The topological polar surface area (TPSA) is 89.5 Å². The molecule has 92 valence electrons. The lowest BCUT2D eigenvalue weighted by Gasteiger charge is -2.14. The van der Waals surface area contributed by atoms with Gasteiger partial charge in [-0.15, -0.1) is 11.6 Å². The fraction of sp³-hybridized carbons (Fsp3) is 1.00. The van der Waals surface area contributed by atoms with E-state index in [1.165, 1.54) is 7.11 Å². The molecule has 0 aliphatic carbocycles. The Morgan fingerprint density at radius 1 is 1.33 bits per heavy atom. The number of methoxy groups -OCH3 is 1. The van der Waals surface area contributed by atoms with Crippen molar-refractivity contribution in [3.05, 3.63) is 0 Å². The maximum absolute atomic E-state index is 11.3. The molecule has 0 saturated carbocycles. The molecule has 15 heavy (non-hydrogen) atoms. The molecule has 0 amide bonds. The van der Waals surface area contributed by atoms with Crippen molar-refractivity contribution in [3.8, 4) is 0 Å². The molecule has 0 rings (SSSR count). The molecule has 6 nitrogen and oxygen atoms in total. The standard InChI is InChI=1S/C6H14ClNO5S2/c1-13-4-6(3-7)8-15(11,12)5-14(2,9)10/h6,8H,3-5H2,1-2H3. The number of rotatable bonds is 7. The maximum atomic E-state index is 11.3. The molecule has 1 N–H and O–H groups in total. The smallest absolute Gasteiger partial charge is 0.226 e. The van der Waals surface area contributed by atoms with Gasteiger partial charge in [0.2, 0.25) is 10.0 Å². The number of alkyl halides is 1. The lowest BCUT2D eigenvalue weighted by atomic mass is 10.4. The summed E-state index contributed by atoms with van der Waals surface area (Å²) in [5.74, 6) is 0.0107. The number of sulfonamides is 1. The summed E-state index contributed by atoms with van der Waals surface area (Å²) in [5.41, 5.74) is 0. The second-order valence-corrected chi connectivity index (χ2v) is 7.65. The zero-order chi connectivity index (χ0) is 12.1. The minimum Gasteiger partial charge on any atom is -0.383 e. The van der Waals surface area contributed by atoms with Gasteiger partial charge in [-0.05, 0) is 0 Å². The largest absolute Gasteiger partial charge is 0.383 e. The van der Waals surface area contributed by atoms with Gasteiger partial charge in [0, 0.05) is 19.2 Å². The lowest BCUT2D eigenvalue weighted by molar-refractivity contribution is 0.181. The molecule has 0 aliphatic heterocycles. The number of ether oxygens (including phenoxy) is 1. The Balaban J connectivity index is 4.49. The average Bonchev–Trinajstić information content (AvgIpc) is 1.98. The number of nitrogens with one attached hydrogen (secondary N) is 1. The van der Waals surface area contributed by atoms with E-state index in [1.54, 1.807) is 0 Å². The van der Waals surface area contributed by atoms with Crippen molar-refractivity contribution >= 4 is 31.5 Å². The normalized spacial score (nSPS) is 15.1. The van der Waals surface area contributed by atoms with Gasteiger partial charge in [0.1, 0.15) is 0 Å². The fourth-order valence-corrected chi connectivity index (χ4v) is 4.32. The summed E-state index contributed by atoms with van der Waals surface area (Å²) in [6.07, 6.45) is 0.845. The van der Waals surface area contributed by atoms with E-state index < -0.39 is 31.0 Å². The predicted molar refractivity (Wildman–Crippen MR) is 58.2 cm³/mol. The number of hydrogen-bond acceptors (Lipinski definition) is 5. The molecule has 1 unspecified atom stereocenters. The highest BCUT2D eigenvalue weighted by atomic mass is 35.5. The highest BCUT2D eigenvalue weighted by Gasteiger charge is 2.21. The number of hydrogen-bond donors (Lipinski definition) is 1. The summed E-state index contributed by atoms with van der Waals surface area (Å²) in [6.45, 7) is 0.0898. The maximum Gasteiger partial charge on any atom is 0.226 e. The monoisotopic (exact) mass is 279 g/mol. The first-order valence-electron chi connectivity index (χ1n) is 3.93. The molecule has 0 bridgehead atoms. The van der Waals surface area contributed by atoms with E-state index >= 15 is 0 Å². The van der Waals surface area contributed by atoms with Gasteiger partial charge in [0.05, 0.1) is 12.6 Å². The second-order valence-electron chi connectivity index (χ2n) is 3.08. The number of sulfone groups is 1. The summed E-state index contributed by atoms with van der Waals surface area (Å²) < 4.78 is 51.0. The fourth-order valence-electron chi connectivity index (χ4n) is 0.881. The molecule has 0 aromatic heterocycles. The second kappa shape index (κ2) is 6.00. The van der Waals surface area contributed by atoms with Gasteiger partial charge in [-0.25, -0.2) is 21.6 Å². The van der Waals surface area contributed by atoms with Crippen LogP contribution in [0.2, 0.25) is 0 Å². The van der Waals surface area contributed by atoms with Crippen LogP contribution < -0.4 is 4.72 Å². The molecule has 1 atom stereocenters. The predicted octanol–water partition coefficient (Wildman–Crippen LogP) is -0.838. The third-order valence-electron chi connectivity index (χ3n) is 1.27. The summed E-state index contributed by atoms with van der Waals surface area (Å²) in [7, 11) is -6.07. The van der Waals surface area contributed by atoms with Crippen LogP contribution in [-0.4, -0.2) is 53.8 Å². The van der Waals surface area contributed by atoms with E-state index in [0.29, 0.717) is 0 Å². The van der Waals surface area contributed by atoms with Crippen LogP contribution in [-0.2, 0) is 24.6 Å². The molecule has 0 spiro atoms. The van der Waals surface area contributed by atoms with Crippen LogP contribution in [0.25, 0.3) is 0 Å². The van der Waals surface area contributed by atoms with Crippen LogP contribution in [0.5, 0.6) is 0 Å². The Labute approximate surface area is 94.9 Å². The van der Waals surface area contributed by atoms with E-state index in [9.17, 15) is 16.8 Å². The van der Waals surface area contributed by atoms with Crippen molar-refractivity contribution in [2.24, 2.45) is 0 Å². The van der Waals surface area contributed by atoms with Crippen molar-refractivity contribution in [3.63, 3.8) is 0 Å². The van der Waals surface area contributed by atoms with Gasteiger partial charge in [-0.2, -0.15) is 0 Å². The molecule has 0 aliphatic rings. The van der Waals surface area contributed by atoms with E-state index in [0.717, 1.165) is 6.26 Å². The molecule has 0 fully saturated rings. The van der Waals surface area contributed by atoms with Crippen LogP contribution in [0.15, 0.2) is 0 Å². The van der Waals surface area contributed by atoms with Crippen molar-refractivity contribution < 1.29 is 21.6 Å². The Bertz CT molecular complexity index is 376. The van der Waals surface area contributed by atoms with Crippen molar-refractivity contribution in [1.82, 2.24) is 4.72 Å². The zero-order valence-electron chi connectivity index (χ0n) is 8.43. The average molecular weight is 280 g/mol. The quantitative estimate of drug-likeness (QED) is 0.614. The Morgan fingerprint density at radius 2 is 1.87 bits per heavy atom. The third-order valence-corrected chi connectivity index (χ3v) is 5.29. The van der Waals surface area contributed by atoms with E-state index in [-0.39, 0.29) is 12.5 Å². The Morgan fingerprint density at radius 3 is 2.20 bits per heavy atom. The Kier molecular flexibility index (Phi) is 6.04. The highest BCUT2D eigenvalue weighted by molar-refractivity contribution is 8.06. The summed E-state index contributed by atoms with van der Waals surface area (Å²) in [4.78, 5) is 0. The summed E-state index contributed by atoms with van der Waals surface area (Å²) >= 11 is 5.47. The molecule has 0 radical (unpaired) electrons. The van der Waals surface area contributed by atoms with Crippen molar-refractivity contribution in [2.75, 3.05) is 30.9 Å².